The van der Waals surface area contributed by atoms with Crippen LogP contribution in [0.5, 0.6) is 0 Å². The molecule has 1 rings (SSSR count). The number of β-amino-alcohol motifs (C(OH)–C–C–N with tert-alkyl or cyclic N) is 1. The number of hydrogen-bond acceptors (Lipinski definition) is 3. The first kappa shape index (κ1) is 12.0. The summed E-state index contributed by atoms with van der Waals surface area (Å²) >= 11 is 0. The summed E-state index contributed by atoms with van der Waals surface area (Å²) in [6.07, 6.45) is 1.87. The molecule has 84 valence electrons. The summed E-state index contributed by atoms with van der Waals surface area (Å²) in [7, 11) is 1.74. The summed E-state index contributed by atoms with van der Waals surface area (Å²) in [6.45, 7) is 8.06. The van der Waals surface area contributed by atoms with Gasteiger partial charge >= 0.3 is 0 Å². The number of nitrogens with zero attached hydrogens (tertiary/aromatic N) is 1. The van der Waals surface area contributed by atoms with E-state index >= 15 is 0 Å². The minimum Gasteiger partial charge on any atom is -0.392 e. The zero-order valence-corrected chi connectivity index (χ0v) is 9.79. The van der Waals surface area contributed by atoms with Gasteiger partial charge < -0.3 is 9.84 Å². The van der Waals surface area contributed by atoms with Gasteiger partial charge in [0.25, 0.3) is 0 Å². The molecule has 0 aromatic carbocycles. The molecule has 0 aromatic rings. The van der Waals surface area contributed by atoms with Gasteiger partial charge in [0, 0.05) is 26.2 Å². The number of rotatable bonds is 3. The molecule has 1 aliphatic heterocycles. The summed E-state index contributed by atoms with van der Waals surface area (Å²) in [5, 5.41) is 9.58. The van der Waals surface area contributed by atoms with Crippen molar-refractivity contribution in [1.82, 2.24) is 4.90 Å². The Kier molecular flexibility index (Phi) is 3.93. The second-order valence-corrected chi connectivity index (χ2v) is 4.97. The number of likely N-dealkylation sites (tertiary alicyclic amines) is 1. The van der Waals surface area contributed by atoms with Crippen molar-refractivity contribution < 1.29 is 9.84 Å². The van der Waals surface area contributed by atoms with Crippen LogP contribution in [-0.2, 0) is 4.74 Å². The summed E-state index contributed by atoms with van der Waals surface area (Å²) in [6, 6.07) is 0.563. The largest absolute Gasteiger partial charge is 0.392 e. The number of aliphatic hydroxyl groups excluding tert-OH is 1. The predicted molar refractivity (Wildman–Crippen MR) is 57.4 cm³/mol. The minimum atomic E-state index is -0.154. The third kappa shape index (κ3) is 3.23. The Morgan fingerprint density at radius 2 is 2.07 bits per heavy atom. The maximum Gasteiger partial charge on any atom is 0.0749 e. The van der Waals surface area contributed by atoms with Crippen LogP contribution in [0.25, 0.3) is 0 Å². The molecule has 0 spiro atoms. The lowest BCUT2D eigenvalue weighted by Gasteiger charge is -2.40. The van der Waals surface area contributed by atoms with Crippen molar-refractivity contribution in [2.45, 2.75) is 51.4 Å². The average Bonchev–Trinajstić information content (AvgIpc) is 2.11. The van der Waals surface area contributed by atoms with Crippen molar-refractivity contribution in [3.05, 3.63) is 0 Å². The van der Waals surface area contributed by atoms with E-state index in [-0.39, 0.29) is 11.7 Å². The Balaban J connectivity index is 2.49. The molecule has 0 aromatic heterocycles. The fourth-order valence-electron chi connectivity index (χ4n) is 1.93. The van der Waals surface area contributed by atoms with Gasteiger partial charge in [-0.2, -0.15) is 0 Å². The molecule has 1 saturated heterocycles. The van der Waals surface area contributed by atoms with Crippen molar-refractivity contribution in [3.8, 4) is 0 Å². The van der Waals surface area contributed by atoms with Gasteiger partial charge in [0.2, 0.25) is 0 Å². The summed E-state index contributed by atoms with van der Waals surface area (Å²) in [5.74, 6) is 0. The molecule has 2 unspecified atom stereocenters. The van der Waals surface area contributed by atoms with E-state index in [1.165, 1.54) is 0 Å². The lowest BCUT2D eigenvalue weighted by atomic mass is 9.99. The monoisotopic (exact) mass is 201 g/mol. The smallest absolute Gasteiger partial charge is 0.0749 e. The Bertz CT molecular complexity index is 182. The standard InChI is InChI=1S/C11H23NO2/c1-9-5-6-10(13)7-12(9)8-11(2,3)14-4/h9-10,13H,5-8H2,1-4H3. The molecule has 0 amide bonds. The van der Waals surface area contributed by atoms with Crippen LogP contribution in [0.3, 0.4) is 0 Å². The third-order valence-electron chi connectivity index (χ3n) is 3.12. The van der Waals surface area contributed by atoms with Gasteiger partial charge in [-0.25, -0.2) is 0 Å². The van der Waals surface area contributed by atoms with Gasteiger partial charge in [0.1, 0.15) is 0 Å². The van der Waals surface area contributed by atoms with E-state index in [1.54, 1.807) is 7.11 Å². The summed E-state index contributed by atoms with van der Waals surface area (Å²) in [4.78, 5) is 2.32. The van der Waals surface area contributed by atoms with Crippen LogP contribution >= 0.6 is 0 Å². The lowest BCUT2D eigenvalue weighted by molar-refractivity contribution is -0.0420. The second-order valence-electron chi connectivity index (χ2n) is 4.97. The molecule has 3 nitrogen and oxygen atoms in total. The molecule has 1 aliphatic rings. The fraction of sp³-hybridized carbons (Fsp3) is 1.00. The first-order chi connectivity index (χ1) is 6.44. The highest BCUT2D eigenvalue weighted by molar-refractivity contribution is 4.83. The maximum absolute atomic E-state index is 9.58. The van der Waals surface area contributed by atoms with Gasteiger partial charge in [0.15, 0.2) is 0 Å². The first-order valence-electron chi connectivity index (χ1n) is 5.42. The zero-order valence-electron chi connectivity index (χ0n) is 9.79. The Morgan fingerprint density at radius 1 is 1.43 bits per heavy atom. The van der Waals surface area contributed by atoms with Crippen LogP contribution in [0.2, 0.25) is 0 Å². The van der Waals surface area contributed by atoms with Gasteiger partial charge in [-0.1, -0.05) is 0 Å². The molecule has 0 bridgehead atoms. The van der Waals surface area contributed by atoms with Crippen LogP contribution in [0.15, 0.2) is 0 Å². The van der Waals surface area contributed by atoms with Crippen LogP contribution in [0.1, 0.15) is 33.6 Å². The van der Waals surface area contributed by atoms with E-state index in [9.17, 15) is 5.11 Å². The van der Waals surface area contributed by atoms with E-state index in [2.05, 4.69) is 25.7 Å². The van der Waals surface area contributed by atoms with Gasteiger partial charge in [-0.3, -0.25) is 4.90 Å². The number of hydrogen-bond donors (Lipinski definition) is 1. The molecule has 0 aliphatic carbocycles. The molecule has 1 N–H and O–H groups in total. The molecule has 14 heavy (non-hydrogen) atoms. The van der Waals surface area contributed by atoms with E-state index in [4.69, 9.17) is 4.74 Å². The van der Waals surface area contributed by atoms with E-state index in [0.29, 0.717) is 6.04 Å². The summed E-state index contributed by atoms with van der Waals surface area (Å²) in [5.41, 5.74) is -0.120. The molecule has 0 radical (unpaired) electrons. The first-order valence-corrected chi connectivity index (χ1v) is 5.42. The van der Waals surface area contributed by atoms with Gasteiger partial charge in [0.05, 0.1) is 11.7 Å². The van der Waals surface area contributed by atoms with E-state index in [1.807, 2.05) is 0 Å². The molecule has 1 heterocycles. The zero-order chi connectivity index (χ0) is 10.8. The molecule has 1 fully saturated rings. The normalized spacial score (nSPS) is 30.6. The maximum atomic E-state index is 9.58. The Morgan fingerprint density at radius 3 is 2.64 bits per heavy atom. The number of ether oxygens (including phenoxy) is 1. The topological polar surface area (TPSA) is 32.7 Å². The van der Waals surface area contributed by atoms with Crippen LogP contribution < -0.4 is 0 Å². The fourth-order valence-corrected chi connectivity index (χ4v) is 1.93. The molecule has 0 saturated carbocycles. The highest BCUT2D eigenvalue weighted by Gasteiger charge is 2.29. The van der Waals surface area contributed by atoms with Crippen LogP contribution in [-0.4, -0.2) is 48.0 Å². The number of piperidine rings is 1. The highest BCUT2D eigenvalue weighted by Crippen LogP contribution is 2.20. The average molecular weight is 201 g/mol. The van der Waals surface area contributed by atoms with Crippen LogP contribution in [0.4, 0.5) is 0 Å². The molecular weight excluding hydrogens is 178 g/mol. The van der Waals surface area contributed by atoms with Gasteiger partial charge in [-0.05, 0) is 33.6 Å². The predicted octanol–water partition coefficient (Wildman–Crippen LogP) is 1.26. The molecular formula is C11H23NO2. The highest BCUT2D eigenvalue weighted by atomic mass is 16.5. The summed E-state index contributed by atoms with van der Waals surface area (Å²) < 4.78 is 5.40. The lowest BCUT2D eigenvalue weighted by Crippen LogP contribution is -2.50. The van der Waals surface area contributed by atoms with E-state index < -0.39 is 0 Å². The van der Waals surface area contributed by atoms with E-state index in [0.717, 1.165) is 25.9 Å². The van der Waals surface area contributed by atoms with Crippen molar-refractivity contribution in [1.29, 1.82) is 0 Å². The molecule has 3 heteroatoms. The van der Waals surface area contributed by atoms with Gasteiger partial charge in [-0.15, -0.1) is 0 Å². The Labute approximate surface area is 87.1 Å². The SMILES string of the molecule is COC(C)(C)CN1CC(O)CCC1C. The molecule has 2 atom stereocenters. The van der Waals surface area contributed by atoms with Crippen molar-refractivity contribution in [2.75, 3.05) is 20.2 Å². The quantitative estimate of drug-likeness (QED) is 0.746. The second kappa shape index (κ2) is 4.60. The van der Waals surface area contributed by atoms with Crippen LogP contribution in [0, 0.1) is 0 Å². The van der Waals surface area contributed by atoms with Crippen molar-refractivity contribution in [3.63, 3.8) is 0 Å². The van der Waals surface area contributed by atoms with Crippen molar-refractivity contribution >= 4 is 0 Å². The van der Waals surface area contributed by atoms with Crippen molar-refractivity contribution in [2.24, 2.45) is 0 Å². The number of methoxy groups -OCH3 is 1. The number of aliphatic hydroxyl groups is 1. The third-order valence-corrected chi connectivity index (χ3v) is 3.12. The Hall–Kier alpha value is -0.120. The minimum absolute atomic E-state index is 0.120.